The van der Waals surface area contributed by atoms with E-state index < -0.39 is 0 Å². The molecule has 0 bridgehead atoms. The topological polar surface area (TPSA) is 39.1 Å². The number of methoxy groups -OCH3 is 1. The maximum absolute atomic E-state index is 13.2. The zero-order valence-electron chi connectivity index (χ0n) is 11.4. The van der Waals surface area contributed by atoms with Crippen LogP contribution in [0, 0.1) is 5.82 Å². The fourth-order valence-corrected chi connectivity index (χ4v) is 2.22. The maximum Gasteiger partial charge on any atom is 0.161 e. The van der Waals surface area contributed by atoms with Crippen LogP contribution in [0.1, 0.15) is 17.3 Å². The van der Waals surface area contributed by atoms with Crippen molar-refractivity contribution < 1.29 is 9.13 Å². The van der Waals surface area contributed by atoms with Crippen molar-refractivity contribution in [3.63, 3.8) is 0 Å². The van der Waals surface area contributed by atoms with Gasteiger partial charge in [0.15, 0.2) is 5.75 Å². The van der Waals surface area contributed by atoms with Crippen LogP contribution in [0.4, 0.5) is 4.39 Å². The van der Waals surface area contributed by atoms with Crippen LogP contribution in [0.5, 0.6) is 5.75 Å². The molecule has 0 aliphatic rings. The normalized spacial score (nSPS) is 12.4. The van der Waals surface area contributed by atoms with Crippen molar-refractivity contribution in [1.82, 2.24) is 15.1 Å². The molecule has 1 N–H and O–H groups in total. The van der Waals surface area contributed by atoms with Gasteiger partial charge in [-0.15, -0.1) is 0 Å². The van der Waals surface area contributed by atoms with E-state index in [0.717, 1.165) is 17.0 Å². The van der Waals surface area contributed by atoms with Crippen molar-refractivity contribution in [2.24, 2.45) is 7.05 Å². The summed E-state index contributed by atoms with van der Waals surface area (Å²) in [4.78, 5) is 0. The minimum Gasteiger partial charge on any atom is -0.493 e. The average Bonchev–Trinajstić information content (AvgIpc) is 2.77. The van der Waals surface area contributed by atoms with Crippen LogP contribution in [0.3, 0.4) is 0 Å². The second-order valence-electron chi connectivity index (χ2n) is 4.40. The van der Waals surface area contributed by atoms with E-state index in [9.17, 15) is 4.39 Å². The second kappa shape index (κ2) is 5.84. The number of rotatable bonds is 5. The molecule has 1 aromatic heterocycles. The zero-order chi connectivity index (χ0) is 13.8. The van der Waals surface area contributed by atoms with Gasteiger partial charge in [0.2, 0.25) is 0 Å². The van der Waals surface area contributed by atoms with Crippen LogP contribution >= 0.6 is 0 Å². The molecule has 1 unspecified atom stereocenters. The van der Waals surface area contributed by atoms with Gasteiger partial charge in [0.05, 0.1) is 25.0 Å². The first-order valence-corrected chi connectivity index (χ1v) is 6.13. The van der Waals surface area contributed by atoms with Crippen LogP contribution in [0.15, 0.2) is 30.5 Å². The molecule has 0 radical (unpaired) electrons. The molecule has 1 heterocycles. The number of ether oxygens (including phenoxy) is 1. The van der Waals surface area contributed by atoms with E-state index in [0.29, 0.717) is 6.42 Å². The van der Waals surface area contributed by atoms with Gasteiger partial charge in [0.25, 0.3) is 0 Å². The lowest BCUT2D eigenvalue weighted by molar-refractivity contribution is 0.397. The molecule has 5 heteroatoms. The largest absolute Gasteiger partial charge is 0.493 e. The van der Waals surface area contributed by atoms with Crippen molar-refractivity contribution >= 4 is 0 Å². The molecule has 0 spiro atoms. The van der Waals surface area contributed by atoms with Gasteiger partial charge in [0, 0.05) is 7.05 Å². The van der Waals surface area contributed by atoms with Crippen molar-refractivity contribution in [2.75, 3.05) is 14.2 Å². The Morgan fingerprint density at radius 2 is 2.26 bits per heavy atom. The number of nitrogens with one attached hydrogen (secondary N) is 1. The van der Waals surface area contributed by atoms with Crippen LogP contribution in [0.25, 0.3) is 0 Å². The van der Waals surface area contributed by atoms with Crippen LogP contribution in [-0.4, -0.2) is 23.9 Å². The highest BCUT2D eigenvalue weighted by Gasteiger charge is 2.19. The molecule has 0 aliphatic carbocycles. The average molecular weight is 263 g/mol. The molecule has 4 nitrogen and oxygen atoms in total. The number of likely N-dealkylation sites (N-methyl/N-ethyl adjacent to an activating group) is 1. The van der Waals surface area contributed by atoms with Gasteiger partial charge in [-0.2, -0.15) is 5.10 Å². The Balaban J connectivity index is 2.27. The minimum atomic E-state index is -0.218. The number of benzene rings is 1. The van der Waals surface area contributed by atoms with Crippen LogP contribution in [-0.2, 0) is 13.5 Å². The molecule has 0 amide bonds. The third kappa shape index (κ3) is 2.93. The summed E-state index contributed by atoms with van der Waals surface area (Å²) in [5.41, 5.74) is 1.89. The predicted molar refractivity (Wildman–Crippen MR) is 71.7 cm³/mol. The van der Waals surface area contributed by atoms with E-state index in [2.05, 4.69) is 10.4 Å². The minimum absolute atomic E-state index is 0.0178. The summed E-state index contributed by atoms with van der Waals surface area (Å²) in [7, 11) is 5.36. The van der Waals surface area contributed by atoms with Crippen LogP contribution in [0.2, 0.25) is 0 Å². The summed E-state index contributed by atoms with van der Waals surface area (Å²) in [5.74, 6) is 0.516. The Bertz CT molecular complexity index is 553. The third-order valence-electron chi connectivity index (χ3n) is 3.18. The standard InChI is InChI=1S/C14H18FN3O/c1-16-12(8-10-5-4-6-11(15)7-10)14-13(19-3)9-17-18(14)2/h4-7,9,12,16H,8H2,1-3H3. The quantitative estimate of drug-likeness (QED) is 0.897. The summed E-state index contributed by atoms with van der Waals surface area (Å²) in [6, 6.07) is 6.65. The first kappa shape index (κ1) is 13.5. The van der Waals surface area contributed by atoms with Crippen molar-refractivity contribution in [2.45, 2.75) is 12.5 Å². The summed E-state index contributed by atoms with van der Waals surface area (Å²) in [6.45, 7) is 0. The number of aryl methyl sites for hydroxylation is 1. The van der Waals surface area contributed by atoms with E-state index in [1.807, 2.05) is 20.2 Å². The summed E-state index contributed by atoms with van der Waals surface area (Å²) in [5, 5.41) is 7.42. The molecule has 0 fully saturated rings. The van der Waals surface area contributed by atoms with Gasteiger partial charge in [0.1, 0.15) is 5.82 Å². The summed E-state index contributed by atoms with van der Waals surface area (Å²) in [6.07, 6.45) is 2.36. The van der Waals surface area contributed by atoms with Crippen molar-refractivity contribution in [1.29, 1.82) is 0 Å². The van der Waals surface area contributed by atoms with Crippen molar-refractivity contribution in [3.8, 4) is 5.75 Å². The second-order valence-corrected chi connectivity index (χ2v) is 4.40. The zero-order valence-corrected chi connectivity index (χ0v) is 11.4. The number of aromatic nitrogens is 2. The van der Waals surface area contributed by atoms with Crippen LogP contribution < -0.4 is 10.1 Å². The van der Waals surface area contributed by atoms with Gasteiger partial charge in [-0.05, 0) is 31.2 Å². The number of halogens is 1. The molecular weight excluding hydrogens is 245 g/mol. The Hall–Kier alpha value is -1.88. The number of nitrogens with zero attached hydrogens (tertiary/aromatic N) is 2. The molecule has 19 heavy (non-hydrogen) atoms. The Morgan fingerprint density at radius 3 is 2.89 bits per heavy atom. The summed E-state index contributed by atoms with van der Waals surface area (Å²) >= 11 is 0. The SMILES string of the molecule is CNC(Cc1cccc(F)c1)c1c(OC)cnn1C. The molecule has 102 valence electrons. The van der Waals surface area contributed by atoms with E-state index in [4.69, 9.17) is 4.74 Å². The smallest absolute Gasteiger partial charge is 0.161 e. The van der Waals surface area contributed by atoms with Crippen molar-refractivity contribution in [3.05, 3.63) is 47.5 Å². The van der Waals surface area contributed by atoms with Gasteiger partial charge in [-0.25, -0.2) is 4.39 Å². The first-order chi connectivity index (χ1) is 9.15. The fourth-order valence-electron chi connectivity index (χ4n) is 2.22. The summed E-state index contributed by atoms with van der Waals surface area (Å²) < 4.78 is 20.3. The van der Waals surface area contributed by atoms with Gasteiger partial charge >= 0.3 is 0 Å². The number of hydrogen-bond donors (Lipinski definition) is 1. The molecule has 1 aromatic carbocycles. The van der Waals surface area contributed by atoms with E-state index in [1.165, 1.54) is 6.07 Å². The molecule has 2 aromatic rings. The van der Waals surface area contributed by atoms with Gasteiger partial charge < -0.3 is 10.1 Å². The number of hydrogen-bond acceptors (Lipinski definition) is 3. The van der Waals surface area contributed by atoms with E-state index in [1.54, 1.807) is 30.1 Å². The molecule has 1 atom stereocenters. The Labute approximate surface area is 112 Å². The highest BCUT2D eigenvalue weighted by molar-refractivity contribution is 5.30. The molecule has 0 aliphatic heterocycles. The van der Waals surface area contributed by atoms with Gasteiger partial charge in [-0.3, -0.25) is 4.68 Å². The predicted octanol–water partition coefficient (Wildman–Crippen LogP) is 2.07. The highest BCUT2D eigenvalue weighted by Crippen LogP contribution is 2.26. The van der Waals surface area contributed by atoms with E-state index >= 15 is 0 Å². The molecule has 0 saturated carbocycles. The van der Waals surface area contributed by atoms with E-state index in [-0.39, 0.29) is 11.9 Å². The lowest BCUT2D eigenvalue weighted by Gasteiger charge is -2.18. The highest BCUT2D eigenvalue weighted by atomic mass is 19.1. The van der Waals surface area contributed by atoms with Gasteiger partial charge in [-0.1, -0.05) is 12.1 Å². The maximum atomic E-state index is 13.2. The first-order valence-electron chi connectivity index (χ1n) is 6.13. The molecule has 2 rings (SSSR count). The Morgan fingerprint density at radius 1 is 1.47 bits per heavy atom. The lowest BCUT2D eigenvalue weighted by Crippen LogP contribution is -2.22. The lowest BCUT2D eigenvalue weighted by atomic mass is 10.0. The fraction of sp³-hybridized carbons (Fsp3) is 0.357. The molecule has 0 saturated heterocycles. The third-order valence-corrected chi connectivity index (χ3v) is 3.18. The Kier molecular flexibility index (Phi) is 4.16. The monoisotopic (exact) mass is 263 g/mol. The molecular formula is C14H18FN3O.